The zero-order valence-electron chi connectivity index (χ0n) is 19.9. The van der Waals surface area contributed by atoms with E-state index in [9.17, 15) is 23.1 Å². The van der Waals surface area contributed by atoms with Crippen molar-refractivity contribution < 1.29 is 32.2 Å². The lowest BCUT2D eigenvalue weighted by atomic mass is 10.1. The van der Waals surface area contributed by atoms with Crippen LogP contribution in [0.2, 0.25) is 5.02 Å². The lowest BCUT2D eigenvalue weighted by Gasteiger charge is -2.23. The Morgan fingerprint density at radius 1 is 1.08 bits per heavy atom. The first-order chi connectivity index (χ1) is 17.6. The van der Waals surface area contributed by atoms with Crippen molar-refractivity contribution >= 4 is 28.3 Å². The van der Waals surface area contributed by atoms with Gasteiger partial charge in [-0.2, -0.15) is 13.2 Å². The highest BCUT2D eigenvalue weighted by Crippen LogP contribution is 2.38. The number of para-hydroxylation sites is 1. The van der Waals surface area contributed by atoms with Gasteiger partial charge >= 0.3 is 6.18 Å². The van der Waals surface area contributed by atoms with Crippen LogP contribution >= 0.6 is 11.6 Å². The lowest BCUT2D eigenvalue weighted by molar-refractivity contribution is -0.137. The minimum absolute atomic E-state index is 0.0147. The van der Waals surface area contributed by atoms with Gasteiger partial charge in [-0.15, -0.1) is 0 Å². The molecule has 1 heterocycles. The van der Waals surface area contributed by atoms with E-state index in [0.717, 1.165) is 23.9 Å². The highest BCUT2D eigenvalue weighted by Gasteiger charge is 2.32. The maximum absolute atomic E-state index is 13.4. The van der Waals surface area contributed by atoms with Crippen molar-refractivity contribution in [1.29, 1.82) is 0 Å². The van der Waals surface area contributed by atoms with Crippen LogP contribution in [0.1, 0.15) is 5.56 Å². The van der Waals surface area contributed by atoms with Crippen LogP contribution in [0.3, 0.4) is 0 Å². The lowest BCUT2D eigenvalue weighted by Crippen LogP contribution is -2.33. The summed E-state index contributed by atoms with van der Waals surface area (Å²) in [5.74, 6) is 0.467. The highest BCUT2D eigenvalue weighted by atomic mass is 35.5. The summed E-state index contributed by atoms with van der Waals surface area (Å²) in [6.45, 7) is -0.172. The van der Waals surface area contributed by atoms with E-state index < -0.39 is 23.3 Å². The molecule has 0 saturated heterocycles. The Hall–Kier alpha value is -3.69. The van der Waals surface area contributed by atoms with E-state index in [2.05, 4.69) is 0 Å². The number of fused-ring (bicyclic) bond motifs is 1. The molecule has 10 heteroatoms. The molecule has 0 aliphatic rings. The largest absolute Gasteiger partial charge is 0.497 e. The van der Waals surface area contributed by atoms with Crippen LogP contribution in [0.4, 0.5) is 18.9 Å². The number of aliphatic hydroxyl groups excluding tert-OH is 1. The normalized spacial score (nSPS) is 12.4. The Morgan fingerprint density at radius 2 is 1.81 bits per heavy atom. The Morgan fingerprint density at radius 3 is 2.49 bits per heavy atom. The van der Waals surface area contributed by atoms with Crippen LogP contribution < -0.4 is 19.8 Å². The minimum atomic E-state index is -4.63. The van der Waals surface area contributed by atoms with Crippen LogP contribution in [0, 0.1) is 0 Å². The van der Waals surface area contributed by atoms with E-state index in [1.807, 2.05) is 12.1 Å². The minimum Gasteiger partial charge on any atom is -0.497 e. The van der Waals surface area contributed by atoms with Gasteiger partial charge in [0.25, 0.3) is 0 Å². The van der Waals surface area contributed by atoms with Crippen molar-refractivity contribution in [2.24, 2.45) is 0 Å². The number of anilines is 1. The molecule has 6 nitrogen and oxygen atoms in total. The second kappa shape index (κ2) is 10.7. The van der Waals surface area contributed by atoms with Gasteiger partial charge in [0.15, 0.2) is 11.0 Å². The molecule has 1 atom stereocenters. The van der Waals surface area contributed by atoms with Crippen LogP contribution in [-0.4, -0.2) is 38.5 Å². The van der Waals surface area contributed by atoms with Gasteiger partial charge < -0.3 is 23.9 Å². The molecule has 4 aromatic rings. The number of likely N-dealkylation sites (N-methyl/N-ethyl adjacent to an activating group) is 1. The number of hydrogen-bond acceptors (Lipinski definition) is 6. The molecule has 0 fully saturated rings. The fourth-order valence-corrected chi connectivity index (χ4v) is 4.01. The maximum atomic E-state index is 13.4. The van der Waals surface area contributed by atoms with Gasteiger partial charge in [-0.1, -0.05) is 17.7 Å². The fourth-order valence-electron chi connectivity index (χ4n) is 3.79. The van der Waals surface area contributed by atoms with Gasteiger partial charge in [0.1, 0.15) is 30.0 Å². The van der Waals surface area contributed by atoms with E-state index in [-0.39, 0.29) is 46.2 Å². The second-order valence-electron chi connectivity index (χ2n) is 8.34. The molecule has 0 saturated carbocycles. The molecule has 1 aromatic heterocycles. The summed E-state index contributed by atoms with van der Waals surface area (Å²) in [7, 11) is 3.31. The van der Waals surface area contributed by atoms with Crippen molar-refractivity contribution in [2.45, 2.75) is 12.3 Å². The number of alkyl halides is 3. The predicted molar refractivity (Wildman–Crippen MR) is 136 cm³/mol. The number of nitrogens with zero attached hydrogens (tertiary/aromatic N) is 1. The molecular formula is C27H23ClF3NO5. The molecule has 194 valence electrons. The zero-order chi connectivity index (χ0) is 26.7. The summed E-state index contributed by atoms with van der Waals surface area (Å²) in [4.78, 5) is 14.4. The van der Waals surface area contributed by atoms with Crippen LogP contribution in [0.5, 0.6) is 11.5 Å². The molecule has 4 rings (SSSR count). The van der Waals surface area contributed by atoms with Crippen LogP contribution in [0.15, 0.2) is 75.9 Å². The van der Waals surface area contributed by atoms with Gasteiger partial charge in [0, 0.05) is 25.3 Å². The number of benzene rings is 3. The quantitative estimate of drug-likeness (QED) is 0.299. The molecule has 0 radical (unpaired) electrons. The summed E-state index contributed by atoms with van der Waals surface area (Å²) < 4.78 is 56.9. The molecule has 3 aromatic carbocycles. The van der Waals surface area contributed by atoms with E-state index >= 15 is 0 Å². The second-order valence-corrected chi connectivity index (χ2v) is 8.75. The molecular weight excluding hydrogens is 511 g/mol. The average molecular weight is 534 g/mol. The molecule has 0 aliphatic carbocycles. The summed E-state index contributed by atoms with van der Waals surface area (Å²) in [5.41, 5.74) is -0.335. The average Bonchev–Trinajstić information content (AvgIpc) is 2.87. The molecule has 0 spiro atoms. The van der Waals surface area contributed by atoms with Gasteiger partial charge in [-0.3, -0.25) is 4.79 Å². The Balaban J connectivity index is 1.61. The molecule has 0 bridgehead atoms. The van der Waals surface area contributed by atoms with Crippen molar-refractivity contribution in [3.8, 4) is 22.8 Å². The van der Waals surface area contributed by atoms with E-state index in [4.69, 9.17) is 25.5 Å². The maximum Gasteiger partial charge on any atom is 0.416 e. The Labute approximate surface area is 215 Å². The van der Waals surface area contributed by atoms with E-state index in [1.54, 1.807) is 37.3 Å². The summed E-state index contributed by atoms with van der Waals surface area (Å²) in [6.07, 6.45) is -5.68. The third-order valence-corrected chi connectivity index (χ3v) is 6.01. The number of hydrogen-bond donors (Lipinski definition) is 1. The standard InChI is InChI=1S/C27H23ClF3NO5/c1-32(17-7-9-19(35-2)10-8-17)14-18(33)15-36-24-12-16(27(29,30)31)6-11-21(24)25-13-23(34)20-4-3-5-22(28)26(20)37-25/h3-13,18,33H,14-15H2,1-2H3. The SMILES string of the molecule is COc1ccc(N(C)CC(O)COc2cc(C(F)(F)F)ccc2-c2cc(=O)c3cccc(Cl)c3o2)cc1. The van der Waals surface area contributed by atoms with Crippen molar-refractivity contribution in [1.82, 2.24) is 0 Å². The number of methoxy groups -OCH3 is 1. The van der Waals surface area contributed by atoms with Crippen molar-refractivity contribution in [3.63, 3.8) is 0 Å². The summed E-state index contributed by atoms with van der Waals surface area (Å²) in [5, 5.41) is 11.0. The number of aliphatic hydroxyl groups is 1. The van der Waals surface area contributed by atoms with Crippen LogP contribution in [0.25, 0.3) is 22.3 Å². The first kappa shape index (κ1) is 26.4. The van der Waals surface area contributed by atoms with Crippen molar-refractivity contribution in [3.05, 3.63) is 87.5 Å². The summed E-state index contributed by atoms with van der Waals surface area (Å²) >= 11 is 6.17. The van der Waals surface area contributed by atoms with Gasteiger partial charge in [-0.05, 0) is 54.6 Å². The number of rotatable bonds is 8. The summed E-state index contributed by atoms with van der Waals surface area (Å²) in [6, 6.07) is 15.8. The third kappa shape index (κ3) is 6.00. The predicted octanol–water partition coefficient (Wildman–Crippen LogP) is 6.02. The number of ether oxygens (including phenoxy) is 2. The zero-order valence-corrected chi connectivity index (χ0v) is 20.6. The van der Waals surface area contributed by atoms with Crippen molar-refractivity contribution in [2.75, 3.05) is 32.2 Å². The van der Waals surface area contributed by atoms with Gasteiger partial charge in [0.2, 0.25) is 0 Å². The third-order valence-electron chi connectivity index (χ3n) is 5.71. The highest BCUT2D eigenvalue weighted by molar-refractivity contribution is 6.34. The topological polar surface area (TPSA) is 72.1 Å². The molecule has 0 aliphatic heterocycles. The molecule has 0 amide bonds. The molecule has 37 heavy (non-hydrogen) atoms. The van der Waals surface area contributed by atoms with Gasteiger partial charge in [-0.25, -0.2) is 0 Å². The van der Waals surface area contributed by atoms with Crippen LogP contribution in [-0.2, 0) is 6.18 Å². The first-order valence-corrected chi connectivity index (χ1v) is 11.5. The molecule has 1 unspecified atom stereocenters. The van der Waals surface area contributed by atoms with E-state index in [0.29, 0.717) is 5.75 Å². The Bertz CT molecular complexity index is 1450. The Kier molecular flexibility index (Phi) is 7.65. The van der Waals surface area contributed by atoms with Gasteiger partial charge in [0.05, 0.1) is 28.6 Å². The monoisotopic (exact) mass is 533 g/mol. The van der Waals surface area contributed by atoms with E-state index in [1.165, 1.54) is 18.2 Å². The first-order valence-electron chi connectivity index (χ1n) is 11.2. The fraction of sp³-hybridized carbons (Fsp3) is 0.222. The smallest absolute Gasteiger partial charge is 0.416 e. The number of halogens is 4. The molecule has 1 N–H and O–H groups in total.